The molecule has 1 atom stereocenters. The quantitative estimate of drug-likeness (QED) is 0.909. The first-order chi connectivity index (χ1) is 8.96. The number of likely N-dealkylation sites (tertiary alicyclic amines) is 1. The molecule has 2 rings (SSSR count). The highest BCUT2D eigenvalue weighted by molar-refractivity contribution is 5.81. The molecule has 1 saturated heterocycles. The van der Waals surface area contributed by atoms with Gasteiger partial charge in [-0.25, -0.2) is 4.79 Å². The van der Waals surface area contributed by atoms with E-state index in [1.807, 2.05) is 39.0 Å². The molecule has 1 aliphatic heterocycles. The van der Waals surface area contributed by atoms with Gasteiger partial charge in [0.05, 0.1) is 0 Å². The lowest BCUT2D eigenvalue weighted by Gasteiger charge is -2.41. The van der Waals surface area contributed by atoms with Gasteiger partial charge in [-0.2, -0.15) is 0 Å². The van der Waals surface area contributed by atoms with E-state index in [2.05, 4.69) is 4.90 Å². The van der Waals surface area contributed by atoms with Crippen LogP contribution in [0.4, 0.5) is 0 Å². The second-order valence-electron chi connectivity index (χ2n) is 5.74. The van der Waals surface area contributed by atoms with E-state index in [-0.39, 0.29) is 0 Å². The van der Waals surface area contributed by atoms with Gasteiger partial charge in [0, 0.05) is 0 Å². The van der Waals surface area contributed by atoms with Crippen molar-refractivity contribution >= 4 is 5.97 Å². The summed E-state index contributed by atoms with van der Waals surface area (Å²) in [4.78, 5) is 14.1. The number of piperidine rings is 1. The predicted octanol–water partition coefficient (Wildman–Crippen LogP) is 3.09. The van der Waals surface area contributed by atoms with E-state index >= 15 is 0 Å². The standard InChI is InChI=1S/C16H23NO2/c1-12-7-8-13(2)14(11-12)16(3,15(18)19)17-9-5-4-6-10-17/h7-8,11H,4-6,9-10H2,1-3H3,(H,18,19). The summed E-state index contributed by atoms with van der Waals surface area (Å²) in [7, 11) is 0. The van der Waals surface area contributed by atoms with Crippen LogP contribution in [0.15, 0.2) is 18.2 Å². The molecule has 104 valence electrons. The summed E-state index contributed by atoms with van der Waals surface area (Å²) in [6.07, 6.45) is 3.39. The van der Waals surface area contributed by atoms with Crippen LogP contribution in [0.25, 0.3) is 0 Å². The Morgan fingerprint density at radius 1 is 1.21 bits per heavy atom. The number of carboxylic acids is 1. The van der Waals surface area contributed by atoms with Crippen molar-refractivity contribution in [2.24, 2.45) is 0 Å². The van der Waals surface area contributed by atoms with Gasteiger partial charge in [-0.05, 0) is 57.8 Å². The maximum absolute atomic E-state index is 11.9. The van der Waals surface area contributed by atoms with Crippen LogP contribution in [-0.4, -0.2) is 29.1 Å². The fourth-order valence-corrected chi connectivity index (χ4v) is 3.02. The van der Waals surface area contributed by atoms with Gasteiger partial charge in [-0.1, -0.05) is 30.2 Å². The van der Waals surface area contributed by atoms with Gasteiger partial charge in [0.25, 0.3) is 0 Å². The van der Waals surface area contributed by atoms with Gasteiger partial charge >= 0.3 is 5.97 Å². The highest BCUT2D eigenvalue weighted by Gasteiger charge is 2.42. The fraction of sp³-hybridized carbons (Fsp3) is 0.562. The number of carbonyl (C=O) groups is 1. The van der Waals surface area contributed by atoms with Gasteiger partial charge in [0.1, 0.15) is 5.54 Å². The molecule has 1 N–H and O–H groups in total. The smallest absolute Gasteiger partial charge is 0.328 e. The largest absolute Gasteiger partial charge is 0.480 e. The minimum atomic E-state index is -0.906. The molecular weight excluding hydrogens is 238 g/mol. The summed E-state index contributed by atoms with van der Waals surface area (Å²) in [5.74, 6) is -0.747. The van der Waals surface area contributed by atoms with E-state index in [1.165, 1.54) is 6.42 Å². The van der Waals surface area contributed by atoms with Crippen molar-refractivity contribution in [1.29, 1.82) is 0 Å². The molecule has 1 aliphatic rings. The summed E-state index contributed by atoms with van der Waals surface area (Å²) in [6.45, 7) is 7.61. The lowest BCUT2D eigenvalue weighted by atomic mass is 9.84. The first kappa shape index (κ1) is 14.1. The van der Waals surface area contributed by atoms with E-state index in [0.717, 1.165) is 42.6 Å². The van der Waals surface area contributed by atoms with Crippen molar-refractivity contribution in [3.63, 3.8) is 0 Å². The zero-order chi connectivity index (χ0) is 14.0. The molecule has 3 heteroatoms. The van der Waals surface area contributed by atoms with Crippen LogP contribution >= 0.6 is 0 Å². The van der Waals surface area contributed by atoms with Crippen LogP contribution < -0.4 is 0 Å². The number of aliphatic carboxylic acids is 1. The molecule has 1 heterocycles. The van der Waals surface area contributed by atoms with Crippen molar-refractivity contribution in [1.82, 2.24) is 4.90 Å². The van der Waals surface area contributed by atoms with Gasteiger partial charge in [-0.15, -0.1) is 0 Å². The van der Waals surface area contributed by atoms with Crippen molar-refractivity contribution < 1.29 is 9.90 Å². The van der Waals surface area contributed by atoms with Crippen molar-refractivity contribution in [2.45, 2.75) is 45.6 Å². The van der Waals surface area contributed by atoms with Gasteiger partial charge < -0.3 is 5.11 Å². The maximum atomic E-state index is 11.9. The average molecular weight is 261 g/mol. The van der Waals surface area contributed by atoms with E-state index in [1.54, 1.807) is 0 Å². The number of carboxylic acid groups (broad SMARTS) is 1. The Hall–Kier alpha value is -1.35. The second-order valence-corrected chi connectivity index (χ2v) is 5.74. The molecule has 1 aromatic rings. The Bertz CT molecular complexity index is 478. The molecule has 0 saturated carbocycles. The van der Waals surface area contributed by atoms with Crippen LogP contribution in [0.5, 0.6) is 0 Å². The average Bonchev–Trinajstić information content (AvgIpc) is 2.41. The molecule has 1 aromatic carbocycles. The van der Waals surface area contributed by atoms with Gasteiger partial charge in [0.15, 0.2) is 0 Å². The minimum absolute atomic E-state index is 0.747. The molecule has 0 aliphatic carbocycles. The van der Waals surface area contributed by atoms with Gasteiger partial charge in [0.2, 0.25) is 0 Å². The first-order valence-corrected chi connectivity index (χ1v) is 7.02. The molecule has 0 bridgehead atoms. The second kappa shape index (κ2) is 5.33. The first-order valence-electron chi connectivity index (χ1n) is 7.02. The number of rotatable bonds is 3. The summed E-state index contributed by atoms with van der Waals surface area (Å²) in [5, 5.41) is 9.81. The summed E-state index contributed by atoms with van der Waals surface area (Å²) >= 11 is 0. The molecule has 19 heavy (non-hydrogen) atoms. The van der Waals surface area contributed by atoms with Crippen molar-refractivity contribution in [2.75, 3.05) is 13.1 Å². The van der Waals surface area contributed by atoms with E-state index in [4.69, 9.17) is 0 Å². The summed E-state index contributed by atoms with van der Waals surface area (Å²) < 4.78 is 0. The highest BCUT2D eigenvalue weighted by atomic mass is 16.4. The lowest BCUT2D eigenvalue weighted by Crippen LogP contribution is -2.52. The third-order valence-electron chi connectivity index (χ3n) is 4.32. The predicted molar refractivity (Wildman–Crippen MR) is 76.3 cm³/mol. The van der Waals surface area contributed by atoms with E-state index in [9.17, 15) is 9.90 Å². The van der Waals surface area contributed by atoms with Crippen LogP contribution in [0.2, 0.25) is 0 Å². The Morgan fingerprint density at radius 3 is 2.42 bits per heavy atom. The highest BCUT2D eigenvalue weighted by Crippen LogP contribution is 2.34. The van der Waals surface area contributed by atoms with E-state index in [0.29, 0.717) is 0 Å². The Balaban J connectivity index is 2.48. The Morgan fingerprint density at radius 2 is 1.84 bits per heavy atom. The Kier molecular flexibility index (Phi) is 3.95. The zero-order valence-electron chi connectivity index (χ0n) is 12.1. The van der Waals surface area contributed by atoms with Crippen LogP contribution in [0.3, 0.4) is 0 Å². The summed E-state index contributed by atoms with van der Waals surface area (Å²) in [5.41, 5.74) is 2.20. The SMILES string of the molecule is Cc1ccc(C)c(C(C)(C(=O)O)N2CCCCC2)c1. The number of benzene rings is 1. The minimum Gasteiger partial charge on any atom is -0.480 e. The fourth-order valence-electron chi connectivity index (χ4n) is 3.02. The third kappa shape index (κ3) is 2.52. The molecule has 1 unspecified atom stereocenters. The van der Waals surface area contributed by atoms with Crippen molar-refractivity contribution in [3.05, 3.63) is 34.9 Å². The molecule has 0 spiro atoms. The van der Waals surface area contributed by atoms with Crippen LogP contribution in [-0.2, 0) is 10.3 Å². The van der Waals surface area contributed by atoms with Crippen LogP contribution in [0, 0.1) is 13.8 Å². The molecule has 0 aromatic heterocycles. The molecule has 3 nitrogen and oxygen atoms in total. The number of aryl methyl sites for hydroxylation is 2. The van der Waals surface area contributed by atoms with Crippen molar-refractivity contribution in [3.8, 4) is 0 Å². The van der Waals surface area contributed by atoms with Gasteiger partial charge in [-0.3, -0.25) is 4.90 Å². The Labute approximate surface area is 115 Å². The monoisotopic (exact) mass is 261 g/mol. The number of hydrogen-bond acceptors (Lipinski definition) is 2. The molecule has 0 radical (unpaired) electrons. The van der Waals surface area contributed by atoms with E-state index < -0.39 is 11.5 Å². The lowest BCUT2D eigenvalue weighted by molar-refractivity contribution is -0.152. The normalized spacial score (nSPS) is 19.9. The number of hydrogen-bond donors (Lipinski definition) is 1. The van der Waals surface area contributed by atoms with Crippen LogP contribution in [0.1, 0.15) is 42.9 Å². The maximum Gasteiger partial charge on any atom is 0.328 e. The zero-order valence-corrected chi connectivity index (χ0v) is 12.1. The molecule has 1 fully saturated rings. The summed E-state index contributed by atoms with van der Waals surface area (Å²) in [6, 6.07) is 6.09. The molecular formula is C16H23NO2. The number of nitrogens with zero attached hydrogens (tertiary/aromatic N) is 1. The topological polar surface area (TPSA) is 40.5 Å². The third-order valence-corrected chi connectivity index (χ3v) is 4.32. The molecule has 0 amide bonds.